The molecular formula is C12H26ClNO2. The molecule has 1 N–H and O–H groups in total. The summed E-state index contributed by atoms with van der Waals surface area (Å²) in [6.07, 6.45) is 2.07. The van der Waals surface area contributed by atoms with E-state index in [9.17, 15) is 4.79 Å². The number of hydrogen-bond acceptors (Lipinski definition) is 2. The molecule has 98 valence electrons. The minimum Gasteiger partial charge on any atom is -0.481 e. The molecule has 0 spiro atoms. The van der Waals surface area contributed by atoms with Gasteiger partial charge in [0.05, 0.1) is 0 Å². The molecular weight excluding hydrogens is 226 g/mol. The second-order valence-electron chi connectivity index (χ2n) is 4.46. The van der Waals surface area contributed by atoms with Crippen molar-refractivity contribution in [1.82, 2.24) is 4.90 Å². The summed E-state index contributed by atoms with van der Waals surface area (Å²) in [6.45, 7) is 10.9. The summed E-state index contributed by atoms with van der Waals surface area (Å²) in [5, 5.41) is 8.52. The van der Waals surface area contributed by atoms with Crippen LogP contribution in [0.4, 0.5) is 0 Å². The first-order valence-electron chi connectivity index (χ1n) is 5.94. The molecule has 0 amide bonds. The van der Waals surface area contributed by atoms with E-state index in [2.05, 4.69) is 32.6 Å². The first kappa shape index (κ1) is 18.1. The molecule has 1 atom stereocenters. The Morgan fingerprint density at radius 2 is 1.81 bits per heavy atom. The summed E-state index contributed by atoms with van der Waals surface area (Å²) in [7, 11) is 0. The first-order chi connectivity index (χ1) is 6.99. The molecule has 0 aromatic rings. The summed E-state index contributed by atoms with van der Waals surface area (Å²) in [6, 6.07) is 0.583. The highest BCUT2D eigenvalue weighted by atomic mass is 35.5. The molecule has 0 saturated heterocycles. The fourth-order valence-corrected chi connectivity index (χ4v) is 1.66. The Bertz CT molecular complexity index is 186. The molecule has 4 heteroatoms. The van der Waals surface area contributed by atoms with Crippen molar-refractivity contribution in [2.75, 3.05) is 13.1 Å². The third-order valence-corrected chi connectivity index (χ3v) is 3.03. The number of rotatable bonds is 8. The van der Waals surface area contributed by atoms with Crippen LogP contribution in [0.1, 0.15) is 47.0 Å². The molecule has 0 radical (unpaired) electrons. The number of aliphatic carboxylic acids is 1. The number of carbonyl (C=O) groups is 1. The number of hydrogen-bond donors (Lipinski definition) is 1. The van der Waals surface area contributed by atoms with E-state index in [1.54, 1.807) is 0 Å². The average Bonchev–Trinajstić information content (AvgIpc) is 2.16. The molecule has 16 heavy (non-hydrogen) atoms. The second kappa shape index (κ2) is 9.91. The van der Waals surface area contributed by atoms with Gasteiger partial charge in [-0.25, -0.2) is 0 Å². The minimum atomic E-state index is -0.685. The van der Waals surface area contributed by atoms with Crippen molar-refractivity contribution < 1.29 is 9.90 Å². The maximum atomic E-state index is 10.3. The molecule has 0 aliphatic rings. The standard InChI is InChI=1S/C12H25NO2.ClH/c1-5-13(11(4)10(2)3)9-7-6-8-12(14)15;/h10-11H,5-9H2,1-4H3,(H,14,15);1H. The van der Waals surface area contributed by atoms with Gasteiger partial charge < -0.3 is 10.0 Å². The molecule has 0 saturated carbocycles. The van der Waals surface area contributed by atoms with Crippen molar-refractivity contribution >= 4 is 18.4 Å². The highest BCUT2D eigenvalue weighted by Gasteiger charge is 2.14. The smallest absolute Gasteiger partial charge is 0.303 e. The summed E-state index contributed by atoms with van der Waals surface area (Å²) < 4.78 is 0. The Kier molecular flexibility index (Phi) is 11.2. The van der Waals surface area contributed by atoms with Gasteiger partial charge in [-0.05, 0) is 38.8 Å². The first-order valence-corrected chi connectivity index (χ1v) is 5.94. The van der Waals surface area contributed by atoms with Crippen LogP contribution in [0.5, 0.6) is 0 Å². The summed E-state index contributed by atoms with van der Waals surface area (Å²) in [5.41, 5.74) is 0. The Hall–Kier alpha value is -0.280. The zero-order chi connectivity index (χ0) is 11.8. The van der Waals surface area contributed by atoms with Gasteiger partial charge in [-0.15, -0.1) is 12.4 Å². The molecule has 0 heterocycles. The summed E-state index contributed by atoms with van der Waals surface area (Å²) >= 11 is 0. The molecule has 0 aromatic heterocycles. The minimum absolute atomic E-state index is 0. The van der Waals surface area contributed by atoms with Crippen molar-refractivity contribution in [3.05, 3.63) is 0 Å². The van der Waals surface area contributed by atoms with E-state index in [0.29, 0.717) is 18.4 Å². The van der Waals surface area contributed by atoms with Gasteiger partial charge in [0.1, 0.15) is 0 Å². The van der Waals surface area contributed by atoms with E-state index in [4.69, 9.17) is 5.11 Å². The van der Waals surface area contributed by atoms with Crippen molar-refractivity contribution in [2.45, 2.75) is 53.0 Å². The number of carboxylic acid groups (broad SMARTS) is 1. The van der Waals surface area contributed by atoms with Gasteiger partial charge in [-0.2, -0.15) is 0 Å². The summed E-state index contributed by atoms with van der Waals surface area (Å²) in [4.78, 5) is 12.8. The molecule has 0 fully saturated rings. The van der Waals surface area contributed by atoms with E-state index in [0.717, 1.165) is 25.9 Å². The van der Waals surface area contributed by atoms with E-state index in [1.807, 2.05) is 0 Å². The van der Waals surface area contributed by atoms with Crippen molar-refractivity contribution in [3.8, 4) is 0 Å². The van der Waals surface area contributed by atoms with Crippen LogP contribution in [0, 0.1) is 5.92 Å². The van der Waals surface area contributed by atoms with Gasteiger partial charge in [0, 0.05) is 12.5 Å². The van der Waals surface area contributed by atoms with Crippen LogP contribution in [0.3, 0.4) is 0 Å². The zero-order valence-electron chi connectivity index (χ0n) is 10.9. The molecule has 1 unspecified atom stereocenters. The summed E-state index contributed by atoms with van der Waals surface area (Å²) in [5.74, 6) is -0.0284. The zero-order valence-corrected chi connectivity index (χ0v) is 11.7. The quantitative estimate of drug-likeness (QED) is 0.674. The lowest BCUT2D eigenvalue weighted by molar-refractivity contribution is -0.137. The van der Waals surface area contributed by atoms with Gasteiger partial charge in [-0.3, -0.25) is 4.79 Å². The third-order valence-electron chi connectivity index (χ3n) is 3.03. The monoisotopic (exact) mass is 251 g/mol. The van der Waals surface area contributed by atoms with Gasteiger partial charge in [0.25, 0.3) is 0 Å². The van der Waals surface area contributed by atoms with Crippen molar-refractivity contribution in [1.29, 1.82) is 0 Å². The number of carboxylic acids is 1. The fourth-order valence-electron chi connectivity index (χ4n) is 1.66. The average molecular weight is 252 g/mol. The van der Waals surface area contributed by atoms with Gasteiger partial charge >= 0.3 is 5.97 Å². The Morgan fingerprint density at radius 1 is 1.25 bits per heavy atom. The van der Waals surface area contributed by atoms with Gasteiger partial charge in [0.15, 0.2) is 0 Å². The van der Waals surface area contributed by atoms with Crippen LogP contribution >= 0.6 is 12.4 Å². The van der Waals surface area contributed by atoms with E-state index < -0.39 is 5.97 Å². The Morgan fingerprint density at radius 3 is 2.19 bits per heavy atom. The van der Waals surface area contributed by atoms with E-state index in [1.165, 1.54) is 0 Å². The van der Waals surface area contributed by atoms with Gasteiger partial charge in [-0.1, -0.05) is 20.8 Å². The number of unbranched alkanes of at least 4 members (excludes halogenated alkanes) is 1. The fraction of sp³-hybridized carbons (Fsp3) is 0.917. The lowest BCUT2D eigenvalue weighted by Crippen LogP contribution is -2.37. The maximum absolute atomic E-state index is 10.3. The van der Waals surface area contributed by atoms with Crippen LogP contribution in [0.15, 0.2) is 0 Å². The lowest BCUT2D eigenvalue weighted by atomic mass is 10.0. The highest BCUT2D eigenvalue weighted by molar-refractivity contribution is 5.85. The number of nitrogens with zero attached hydrogens (tertiary/aromatic N) is 1. The molecule has 0 aliphatic heterocycles. The maximum Gasteiger partial charge on any atom is 0.303 e. The topological polar surface area (TPSA) is 40.5 Å². The van der Waals surface area contributed by atoms with Crippen molar-refractivity contribution in [2.24, 2.45) is 5.92 Å². The van der Waals surface area contributed by atoms with Gasteiger partial charge in [0.2, 0.25) is 0 Å². The van der Waals surface area contributed by atoms with Crippen LogP contribution in [0.2, 0.25) is 0 Å². The molecule has 0 aliphatic carbocycles. The predicted octanol–water partition coefficient (Wildman–Crippen LogP) is 3.03. The highest BCUT2D eigenvalue weighted by Crippen LogP contribution is 2.11. The predicted molar refractivity (Wildman–Crippen MR) is 70.3 cm³/mol. The van der Waals surface area contributed by atoms with Crippen molar-refractivity contribution in [3.63, 3.8) is 0 Å². The number of halogens is 1. The normalized spacial score (nSPS) is 12.6. The van der Waals surface area contributed by atoms with Crippen LogP contribution in [-0.4, -0.2) is 35.1 Å². The molecule has 0 aromatic carbocycles. The lowest BCUT2D eigenvalue weighted by Gasteiger charge is -2.30. The van der Waals surface area contributed by atoms with Crippen LogP contribution in [0.25, 0.3) is 0 Å². The second-order valence-corrected chi connectivity index (χ2v) is 4.46. The Labute approximate surface area is 106 Å². The Balaban J connectivity index is 0. The molecule has 3 nitrogen and oxygen atoms in total. The van der Waals surface area contributed by atoms with Crippen LogP contribution in [-0.2, 0) is 4.79 Å². The van der Waals surface area contributed by atoms with E-state index >= 15 is 0 Å². The largest absolute Gasteiger partial charge is 0.481 e. The van der Waals surface area contributed by atoms with E-state index in [-0.39, 0.29) is 12.4 Å². The molecule has 0 rings (SSSR count). The SMILES string of the molecule is CCN(CCCCC(=O)O)C(C)C(C)C.Cl. The molecule has 0 bridgehead atoms. The van der Waals surface area contributed by atoms with Crippen LogP contribution < -0.4 is 0 Å². The third kappa shape index (κ3) is 7.94.